The van der Waals surface area contributed by atoms with Crippen molar-refractivity contribution in [2.45, 2.75) is 32.4 Å². The first-order valence-electron chi connectivity index (χ1n) is 6.19. The number of carbonyl (C=O) groups excluding carboxylic acids is 1. The van der Waals surface area contributed by atoms with E-state index >= 15 is 0 Å². The number of halogens is 1. The van der Waals surface area contributed by atoms with Crippen LogP contribution in [0.5, 0.6) is 0 Å². The molecule has 5 nitrogen and oxygen atoms in total. The van der Waals surface area contributed by atoms with E-state index in [2.05, 4.69) is 15.2 Å². The number of alkyl carbamates (subject to hydrolysis) is 1. The number of anilines is 1. The van der Waals surface area contributed by atoms with E-state index in [1.165, 1.54) is 0 Å². The highest BCUT2D eigenvalue weighted by Gasteiger charge is 2.29. The number of nitrogens with zero attached hydrogens (tertiary/aromatic N) is 2. The molecule has 0 bridgehead atoms. The van der Waals surface area contributed by atoms with E-state index in [1.54, 1.807) is 12.3 Å². The molecule has 19 heavy (non-hydrogen) atoms. The minimum absolute atomic E-state index is 0.116. The highest BCUT2D eigenvalue weighted by molar-refractivity contribution is 6.29. The number of nitrogens with one attached hydrogen (secondary N) is 1. The Morgan fingerprint density at radius 1 is 1.47 bits per heavy atom. The van der Waals surface area contributed by atoms with Gasteiger partial charge in [0.2, 0.25) is 0 Å². The zero-order valence-corrected chi connectivity index (χ0v) is 12.1. The number of hydrogen-bond donors (Lipinski definition) is 1. The molecule has 1 aromatic heterocycles. The molecular formula is C13H18ClN3O2. The largest absolute Gasteiger partial charge is 0.444 e. The Bertz CT molecular complexity index is 450. The molecule has 0 unspecified atom stereocenters. The molecule has 1 aliphatic rings. The normalized spacial score (nSPS) is 15.9. The standard InChI is InChI=1S/C13H18ClN3O2/c1-13(2,3)19-12(18)16-9-7-17(8-9)10-4-5-11(14)15-6-10/h4-6,9H,7-8H2,1-3H3,(H,16,18). The van der Waals surface area contributed by atoms with Crippen LogP contribution in [0.4, 0.5) is 10.5 Å². The SMILES string of the molecule is CC(C)(C)OC(=O)NC1CN(c2ccc(Cl)nc2)C1. The third-order valence-corrected chi connectivity index (χ3v) is 2.90. The summed E-state index contributed by atoms with van der Waals surface area (Å²) in [5.74, 6) is 0. The van der Waals surface area contributed by atoms with Gasteiger partial charge in [-0.05, 0) is 32.9 Å². The third kappa shape index (κ3) is 3.99. The molecule has 0 atom stereocenters. The van der Waals surface area contributed by atoms with Gasteiger partial charge in [-0.3, -0.25) is 0 Å². The lowest BCUT2D eigenvalue weighted by Crippen LogP contribution is -2.60. The fraction of sp³-hybridized carbons (Fsp3) is 0.538. The van der Waals surface area contributed by atoms with E-state index in [0.717, 1.165) is 18.8 Å². The first-order valence-corrected chi connectivity index (χ1v) is 6.57. The fourth-order valence-corrected chi connectivity index (χ4v) is 1.92. The predicted octanol–water partition coefficient (Wildman–Crippen LogP) is 2.45. The second kappa shape index (κ2) is 5.25. The summed E-state index contributed by atoms with van der Waals surface area (Å²) in [6, 6.07) is 3.79. The second-order valence-corrected chi connectivity index (χ2v) is 5.97. The van der Waals surface area contributed by atoms with Crippen molar-refractivity contribution in [3.8, 4) is 0 Å². The monoisotopic (exact) mass is 283 g/mol. The maximum absolute atomic E-state index is 11.6. The molecule has 0 aromatic carbocycles. The second-order valence-electron chi connectivity index (χ2n) is 5.59. The lowest BCUT2D eigenvalue weighted by Gasteiger charge is -2.41. The van der Waals surface area contributed by atoms with Gasteiger partial charge in [0.05, 0.1) is 17.9 Å². The van der Waals surface area contributed by atoms with Gasteiger partial charge in [0, 0.05) is 13.1 Å². The Morgan fingerprint density at radius 3 is 2.68 bits per heavy atom. The van der Waals surface area contributed by atoms with Crippen LogP contribution >= 0.6 is 11.6 Å². The quantitative estimate of drug-likeness (QED) is 0.847. The number of amides is 1. The average Bonchev–Trinajstić information content (AvgIpc) is 2.22. The molecule has 1 fully saturated rings. The maximum Gasteiger partial charge on any atom is 0.407 e. The summed E-state index contributed by atoms with van der Waals surface area (Å²) in [6.45, 7) is 7.04. The number of rotatable bonds is 2. The molecule has 0 saturated carbocycles. The smallest absolute Gasteiger partial charge is 0.407 e. The zero-order valence-electron chi connectivity index (χ0n) is 11.3. The van der Waals surface area contributed by atoms with Crippen molar-refractivity contribution in [2.24, 2.45) is 0 Å². The lowest BCUT2D eigenvalue weighted by molar-refractivity contribution is 0.0496. The van der Waals surface area contributed by atoms with Crippen LogP contribution < -0.4 is 10.2 Å². The summed E-state index contributed by atoms with van der Waals surface area (Å²) in [5.41, 5.74) is 0.541. The molecule has 0 radical (unpaired) electrons. The van der Waals surface area contributed by atoms with Gasteiger partial charge in [0.25, 0.3) is 0 Å². The molecule has 2 rings (SSSR count). The third-order valence-electron chi connectivity index (χ3n) is 2.68. The summed E-state index contributed by atoms with van der Waals surface area (Å²) in [7, 11) is 0. The Kier molecular flexibility index (Phi) is 3.85. The van der Waals surface area contributed by atoms with Crippen LogP contribution in [0, 0.1) is 0 Å². The lowest BCUT2D eigenvalue weighted by atomic mass is 10.1. The molecule has 104 valence electrons. The van der Waals surface area contributed by atoms with E-state index in [0.29, 0.717) is 5.15 Å². The summed E-state index contributed by atoms with van der Waals surface area (Å²) >= 11 is 5.73. The first kappa shape index (κ1) is 13.9. The van der Waals surface area contributed by atoms with Crippen LogP contribution in [0.15, 0.2) is 18.3 Å². The highest BCUT2D eigenvalue weighted by Crippen LogP contribution is 2.21. The van der Waals surface area contributed by atoms with Gasteiger partial charge in [-0.25, -0.2) is 9.78 Å². The molecule has 1 aromatic rings. The summed E-state index contributed by atoms with van der Waals surface area (Å²) in [4.78, 5) is 17.7. The van der Waals surface area contributed by atoms with Crippen LogP contribution in [0.3, 0.4) is 0 Å². The van der Waals surface area contributed by atoms with Crippen LogP contribution in [-0.4, -0.2) is 35.8 Å². The maximum atomic E-state index is 11.6. The number of hydrogen-bond acceptors (Lipinski definition) is 4. The number of aromatic nitrogens is 1. The van der Waals surface area contributed by atoms with Crippen LogP contribution in [-0.2, 0) is 4.74 Å². The number of carbonyl (C=O) groups is 1. The van der Waals surface area contributed by atoms with Crippen molar-refractivity contribution in [2.75, 3.05) is 18.0 Å². The van der Waals surface area contributed by atoms with E-state index in [9.17, 15) is 4.79 Å². The van der Waals surface area contributed by atoms with Crippen LogP contribution in [0.1, 0.15) is 20.8 Å². The molecule has 6 heteroatoms. The van der Waals surface area contributed by atoms with Crippen molar-refractivity contribution in [1.82, 2.24) is 10.3 Å². The van der Waals surface area contributed by atoms with Crippen molar-refractivity contribution in [3.05, 3.63) is 23.5 Å². The van der Waals surface area contributed by atoms with Crippen LogP contribution in [0.25, 0.3) is 0 Å². The van der Waals surface area contributed by atoms with E-state index in [4.69, 9.17) is 16.3 Å². The summed E-state index contributed by atoms with van der Waals surface area (Å²) in [5, 5.41) is 3.31. The first-order chi connectivity index (χ1) is 8.83. The molecule has 0 spiro atoms. The molecule has 1 N–H and O–H groups in total. The van der Waals surface area contributed by atoms with Gasteiger partial charge in [0.15, 0.2) is 0 Å². The van der Waals surface area contributed by atoms with Crippen molar-refractivity contribution in [3.63, 3.8) is 0 Å². The predicted molar refractivity (Wildman–Crippen MR) is 74.6 cm³/mol. The summed E-state index contributed by atoms with van der Waals surface area (Å²) in [6.07, 6.45) is 1.36. The molecule has 1 aliphatic heterocycles. The number of pyridine rings is 1. The minimum atomic E-state index is -0.465. The van der Waals surface area contributed by atoms with Gasteiger partial charge >= 0.3 is 6.09 Å². The Balaban J connectivity index is 1.77. The van der Waals surface area contributed by atoms with Gasteiger partial charge in [-0.15, -0.1) is 0 Å². The van der Waals surface area contributed by atoms with E-state index in [-0.39, 0.29) is 12.1 Å². The van der Waals surface area contributed by atoms with Gasteiger partial charge < -0.3 is 15.0 Å². The molecule has 0 aliphatic carbocycles. The fourth-order valence-electron chi connectivity index (χ4n) is 1.81. The van der Waals surface area contributed by atoms with Crippen molar-refractivity contribution in [1.29, 1.82) is 0 Å². The Labute approximate surface area is 117 Å². The Hall–Kier alpha value is -1.49. The van der Waals surface area contributed by atoms with Gasteiger partial charge in [0.1, 0.15) is 10.8 Å². The van der Waals surface area contributed by atoms with Crippen molar-refractivity contribution < 1.29 is 9.53 Å². The topological polar surface area (TPSA) is 54.5 Å². The van der Waals surface area contributed by atoms with Gasteiger partial charge in [-0.2, -0.15) is 0 Å². The molecule has 2 heterocycles. The molecule has 1 saturated heterocycles. The minimum Gasteiger partial charge on any atom is -0.444 e. The summed E-state index contributed by atoms with van der Waals surface area (Å²) < 4.78 is 5.20. The molecule has 1 amide bonds. The van der Waals surface area contributed by atoms with Crippen molar-refractivity contribution >= 4 is 23.4 Å². The van der Waals surface area contributed by atoms with E-state index < -0.39 is 5.60 Å². The highest BCUT2D eigenvalue weighted by atomic mass is 35.5. The molecular weight excluding hydrogens is 266 g/mol. The zero-order chi connectivity index (χ0) is 14.0. The Morgan fingerprint density at radius 2 is 2.16 bits per heavy atom. The number of ether oxygens (including phenoxy) is 1. The van der Waals surface area contributed by atoms with Gasteiger partial charge in [-0.1, -0.05) is 11.6 Å². The van der Waals surface area contributed by atoms with E-state index in [1.807, 2.05) is 26.8 Å². The van der Waals surface area contributed by atoms with Crippen LogP contribution in [0.2, 0.25) is 5.15 Å². The average molecular weight is 284 g/mol.